The lowest BCUT2D eigenvalue weighted by molar-refractivity contribution is 0.484. The summed E-state index contributed by atoms with van der Waals surface area (Å²) in [5, 5.41) is 13.4. The van der Waals surface area contributed by atoms with E-state index in [9.17, 15) is 4.79 Å². The number of aromatic nitrogens is 10. The summed E-state index contributed by atoms with van der Waals surface area (Å²) in [4.78, 5) is 40.2. The van der Waals surface area contributed by atoms with Crippen molar-refractivity contribution >= 4 is 109 Å². The lowest BCUT2D eigenvalue weighted by Crippen LogP contribution is -2.03. The fourth-order valence-electron chi connectivity index (χ4n) is 18.8. The van der Waals surface area contributed by atoms with E-state index in [1.54, 1.807) is 12.1 Å². The quantitative estimate of drug-likeness (QED) is 0.108. The molecule has 0 aliphatic carbocycles. The van der Waals surface area contributed by atoms with Crippen LogP contribution in [0.4, 0.5) is 0 Å². The molecule has 0 aliphatic heterocycles. The Balaban J connectivity index is 0.000000148. The standard InChI is InChI=1S/C53H49N5O.C28H28N2.C26H25N3O.2CH4/c1-30(2)36-14-11-15-37(31(3)4)50(36)48-28-55-52-44-25-34(19-21-40(44)42-13-9-10-18-46(42)57(48)52)59-35-20-22-41-43-23-24-54-27-47(43)58-49(29-56-53(58)45(41)26-35)51-38(32(5)6)16-12-17-39(51)33(7)8;1-17(2)20-10-8-11-21(18(3)4)27(20)26-16-29-28-24-15-19(5)13-14-22(24)23-9-6-7-12-25(23)30(26)28;1-15(2)18-6-5-7-19(16(3)4)25(18)24-14-28-26-22-12-17(30)8-9-20(22)21-10-11-27-13-23(21)29(24)26;;/h9-33H,1-8H3;6-18H,1-5H3;5-16,27H,1-4H3;2*1H4. The average molecular weight is 1590 g/mol. The van der Waals surface area contributed by atoms with Crippen molar-refractivity contribution in [2.75, 3.05) is 0 Å². The van der Waals surface area contributed by atoms with E-state index in [0.717, 1.165) is 111 Å². The molecule has 0 aliphatic rings. The van der Waals surface area contributed by atoms with Gasteiger partial charge in [0.15, 0.2) is 5.43 Å². The number of rotatable bonds is 14. The summed E-state index contributed by atoms with van der Waals surface area (Å²) >= 11 is 0. The maximum Gasteiger partial charge on any atom is 0.179 e. The summed E-state index contributed by atoms with van der Waals surface area (Å²) in [6, 6.07) is 73.1. The van der Waals surface area contributed by atoms with Gasteiger partial charge in [-0.15, -0.1) is 0 Å². The van der Waals surface area contributed by atoms with E-state index in [2.05, 4.69) is 346 Å². The number of hydrogen-bond donors (Lipinski definition) is 1. The Bertz CT molecular complexity index is 7160. The fraction of sp³-hybridized carbons (Fsp3) is 0.248. The van der Waals surface area contributed by atoms with Crippen LogP contribution in [0.2, 0.25) is 0 Å². The third kappa shape index (κ3) is 13.9. The minimum Gasteiger partial charge on any atom is -0.457 e. The summed E-state index contributed by atoms with van der Waals surface area (Å²) in [6.07, 6.45) is 15.9. The monoisotopic (exact) mass is 1590 g/mol. The van der Waals surface area contributed by atoms with Crippen LogP contribution in [0.5, 0.6) is 11.5 Å². The van der Waals surface area contributed by atoms with Crippen LogP contribution in [-0.4, -0.2) is 47.5 Å². The highest BCUT2D eigenvalue weighted by Gasteiger charge is 2.28. The van der Waals surface area contributed by atoms with Gasteiger partial charge in [0.1, 0.15) is 34.1 Å². The summed E-state index contributed by atoms with van der Waals surface area (Å²) in [5.41, 5.74) is 29.7. The molecule has 1 N–H and O–H groups in total. The van der Waals surface area contributed by atoms with Crippen LogP contribution in [0, 0.1) is 6.92 Å². The zero-order valence-electron chi connectivity index (χ0n) is 71.2. The second-order valence-electron chi connectivity index (χ2n) is 34.8. The molecule has 0 saturated heterocycles. The number of fused-ring (bicyclic) bond motifs is 24. The van der Waals surface area contributed by atoms with Crippen molar-refractivity contribution in [3.63, 3.8) is 0 Å². The van der Waals surface area contributed by atoms with Crippen molar-refractivity contribution in [2.24, 2.45) is 0 Å². The Hall–Kier alpha value is -13.1. The van der Waals surface area contributed by atoms with E-state index in [0.29, 0.717) is 47.3 Å². The molecule has 10 heterocycles. The summed E-state index contributed by atoms with van der Waals surface area (Å²) in [6.45, 7) is 38.4. The molecule has 0 radical (unpaired) electrons. The molecule has 12 heteroatoms. The molecule has 0 fully saturated rings. The number of imidazole rings is 4. The number of pyridine rings is 6. The summed E-state index contributed by atoms with van der Waals surface area (Å²) < 4.78 is 16.1. The number of benzene rings is 10. The number of para-hydroxylation sites is 2. The van der Waals surface area contributed by atoms with Gasteiger partial charge in [-0.1, -0.05) is 253 Å². The first-order chi connectivity index (χ1) is 57.5. The molecule has 121 heavy (non-hydrogen) atoms. The topological polar surface area (TPSA) is 124 Å². The van der Waals surface area contributed by atoms with Gasteiger partial charge >= 0.3 is 0 Å². The number of hydrogen-bond acceptors (Lipinski definition) is 7. The molecule has 10 aromatic heterocycles. The van der Waals surface area contributed by atoms with Crippen LogP contribution in [0.1, 0.15) is 223 Å². The maximum atomic E-state index is 12.2. The lowest BCUT2D eigenvalue weighted by Gasteiger charge is -2.20. The van der Waals surface area contributed by atoms with Gasteiger partial charge in [-0.3, -0.25) is 27.4 Å². The highest BCUT2D eigenvalue weighted by Crippen LogP contribution is 2.47. The molecule has 0 spiro atoms. The molecule has 20 aromatic rings. The summed E-state index contributed by atoms with van der Waals surface area (Å²) in [7, 11) is 0. The maximum absolute atomic E-state index is 12.2. The van der Waals surface area contributed by atoms with Crippen LogP contribution >= 0.6 is 0 Å². The molecule has 12 nitrogen and oxygen atoms in total. The minimum absolute atomic E-state index is 0. The number of aryl methyl sites for hydroxylation is 1. The first kappa shape index (κ1) is 81.7. The normalized spacial score (nSPS) is 12.0. The predicted molar refractivity (Wildman–Crippen MR) is 512 cm³/mol. The van der Waals surface area contributed by atoms with Crippen molar-refractivity contribution in [3.8, 4) is 56.5 Å². The Morgan fingerprint density at radius 3 is 0.983 bits per heavy atom. The Kier molecular flexibility index (Phi) is 22.0. The molecule has 0 atom stereocenters. The molecule has 10 aromatic carbocycles. The molecular formula is C109H110N10O2. The number of nitrogens with zero attached hydrogens (tertiary/aromatic N) is 9. The SMILES string of the molecule is C.C.CC(C)c1cccc(C(C)C)c1-c1cnc2c3cc(=O)ccc3c3cc[nH]cc3n12.CC(C)c1cccc(C(C)C)c1-c1cnc2c3cc(Oc4ccc5c6ccncc6n6c(-c7c(C(C)C)cccc7C(C)C)cnc6c5c4)ccc3c3ccccc3n12.Cc1ccc2c3ccccc3n3c(-c4c(C(C)C)cccc4C(C)C)cnc3c2c1. The van der Waals surface area contributed by atoms with Crippen molar-refractivity contribution in [3.05, 3.63) is 316 Å². The fourth-order valence-corrected chi connectivity index (χ4v) is 18.8. The highest BCUT2D eigenvalue weighted by atomic mass is 16.5. The third-order valence-electron chi connectivity index (χ3n) is 24.5. The van der Waals surface area contributed by atoms with Crippen molar-refractivity contribution in [1.82, 2.24) is 47.5 Å². The van der Waals surface area contributed by atoms with Crippen molar-refractivity contribution in [1.29, 1.82) is 0 Å². The Morgan fingerprint density at radius 2 is 0.603 bits per heavy atom. The molecular weight excluding hydrogens is 1480 g/mol. The zero-order chi connectivity index (χ0) is 82.7. The van der Waals surface area contributed by atoms with Crippen LogP contribution < -0.4 is 10.2 Å². The summed E-state index contributed by atoms with van der Waals surface area (Å²) in [5.74, 6) is 4.57. The first-order valence-electron chi connectivity index (χ1n) is 42.4. The van der Waals surface area contributed by atoms with Gasteiger partial charge in [0.25, 0.3) is 0 Å². The van der Waals surface area contributed by atoms with Gasteiger partial charge in [0.2, 0.25) is 0 Å². The van der Waals surface area contributed by atoms with E-state index in [1.165, 1.54) is 105 Å². The van der Waals surface area contributed by atoms with Gasteiger partial charge in [0.05, 0.1) is 75.8 Å². The predicted octanol–water partition coefficient (Wildman–Crippen LogP) is 30.0. The van der Waals surface area contributed by atoms with E-state index in [4.69, 9.17) is 24.7 Å². The highest BCUT2D eigenvalue weighted by molar-refractivity contribution is 6.16. The Morgan fingerprint density at radius 1 is 0.289 bits per heavy atom. The van der Waals surface area contributed by atoms with Gasteiger partial charge in [-0.25, -0.2) is 19.9 Å². The van der Waals surface area contributed by atoms with Gasteiger partial charge in [-0.2, -0.15) is 0 Å². The minimum atomic E-state index is 0. The van der Waals surface area contributed by atoms with E-state index in [1.807, 2.05) is 43.2 Å². The second-order valence-corrected chi connectivity index (χ2v) is 34.8. The third-order valence-corrected chi connectivity index (χ3v) is 24.5. The molecule has 0 unspecified atom stereocenters. The van der Waals surface area contributed by atoms with Gasteiger partial charge < -0.3 is 9.72 Å². The second kappa shape index (κ2) is 32.6. The molecule has 0 amide bonds. The van der Waals surface area contributed by atoms with Crippen molar-refractivity contribution < 1.29 is 4.74 Å². The number of ether oxygens (including phenoxy) is 1. The smallest absolute Gasteiger partial charge is 0.179 e. The van der Waals surface area contributed by atoms with E-state index in [-0.39, 0.29) is 20.3 Å². The average Bonchev–Trinajstić information content (AvgIpc) is 1.66. The number of nitrogens with one attached hydrogen (secondary N) is 1. The molecule has 0 bridgehead atoms. The van der Waals surface area contributed by atoms with Crippen LogP contribution in [0.25, 0.3) is 154 Å². The largest absolute Gasteiger partial charge is 0.457 e. The van der Waals surface area contributed by atoms with Crippen molar-refractivity contribution in [2.45, 2.75) is 180 Å². The van der Waals surface area contributed by atoms with Gasteiger partial charge in [-0.05, 0) is 205 Å². The lowest BCUT2D eigenvalue weighted by atomic mass is 9.87. The van der Waals surface area contributed by atoms with E-state index >= 15 is 0 Å². The number of H-pyrrole nitrogens is 1. The number of aromatic amines is 1. The molecule has 608 valence electrons. The first-order valence-corrected chi connectivity index (χ1v) is 42.4. The Labute approximate surface area is 709 Å². The van der Waals surface area contributed by atoms with Crippen LogP contribution in [0.15, 0.2) is 261 Å². The van der Waals surface area contributed by atoms with Gasteiger partial charge in [0, 0.05) is 83.9 Å². The van der Waals surface area contributed by atoms with Crippen LogP contribution in [-0.2, 0) is 0 Å². The van der Waals surface area contributed by atoms with Crippen LogP contribution in [0.3, 0.4) is 0 Å². The zero-order valence-corrected chi connectivity index (χ0v) is 71.2. The molecule has 0 saturated carbocycles. The van der Waals surface area contributed by atoms with E-state index < -0.39 is 0 Å². The molecule has 20 rings (SSSR count).